The predicted octanol–water partition coefficient (Wildman–Crippen LogP) is 3.00. The Morgan fingerprint density at radius 3 is 2.94 bits per heavy atom. The molecule has 0 radical (unpaired) electrons. The highest BCUT2D eigenvalue weighted by atomic mass is 35.7. The fourth-order valence-electron chi connectivity index (χ4n) is 2.32. The lowest BCUT2D eigenvalue weighted by molar-refractivity contribution is 0.509. The van der Waals surface area contributed by atoms with Crippen LogP contribution in [0, 0.1) is 5.82 Å². The third-order valence-corrected chi connectivity index (χ3v) is 4.66. The Morgan fingerprint density at radius 2 is 2.33 bits per heavy atom. The van der Waals surface area contributed by atoms with E-state index in [-0.39, 0.29) is 4.90 Å². The van der Waals surface area contributed by atoms with E-state index in [9.17, 15) is 13.2 Å². The van der Waals surface area contributed by atoms with Crippen LogP contribution in [0.3, 0.4) is 0 Å². The second-order valence-electron chi connectivity index (χ2n) is 4.54. The van der Waals surface area contributed by atoms with Crippen molar-refractivity contribution in [1.82, 2.24) is 5.32 Å². The molecular weight excluding hydrogens is 277 g/mol. The lowest BCUT2D eigenvalue weighted by Gasteiger charge is -2.10. The third-order valence-electron chi connectivity index (χ3n) is 3.22. The third kappa shape index (κ3) is 3.51. The van der Waals surface area contributed by atoms with Gasteiger partial charge >= 0.3 is 9.43 Å². The van der Waals surface area contributed by atoms with Gasteiger partial charge in [0.2, 0.25) is 15.6 Å². The summed E-state index contributed by atoms with van der Waals surface area (Å²) in [7, 11) is 1.90. The number of hydrogen-bond donors (Lipinski definition) is 2. The predicted molar refractivity (Wildman–Crippen MR) is 70.5 cm³/mol. The molecule has 1 aliphatic heterocycles. The molecule has 1 saturated heterocycles. The largest absolute Gasteiger partial charge is 0.348 e. The highest BCUT2D eigenvalue weighted by Crippen LogP contribution is 2.27. The standard InChI is InChI=1S/C12H15ClFNO2S/c13-18(16,17)12-6-4-10(14)8-9(12)3-5-11-2-1-7-15-11/h4,6,8,11,15H,1-3,5,7H2/p+1/t11-/m1/s1. The minimum atomic E-state index is -3.56. The monoisotopic (exact) mass is 292 g/mol. The Bertz CT molecular complexity index is 471. The molecule has 0 spiro atoms. The van der Waals surface area contributed by atoms with Crippen molar-refractivity contribution in [3.05, 3.63) is 29.6 Å². The zero-order valence-corrected chi connectivity index (χ0v) is 11.4. The second kappa shape index (κ2) is 5.65. The summed E-state index contributed by atoms with van der Waals surface area (Å²) in [4.78, 5) is 0.128. The Balaban J connectivity index is 2.14. The Hall–Kier alpha value is -0.490. The summed E-state index contributed by atoms with van der Waals surface area (Å²) >= 11 is 0. The average Bonchev–Trinajstić information content (AvgIpc) is 2.77. The molecule has 100 valence electrons. The van der Waals surface area contributed by atoms with Crippen molar-refractivity contribution in [2.45, 2.75) is 36.6 Å². The molecule has 3 nitrogen and oxygen atoms in total. The fraction of sp³-hybridized carbons (Fsp3) is 0.500. The van der Waals surface area contributed by atoms with Crippen LogP contribution in [-0.2, 0) is 20.1 Å². The van der Waals surface area contributed by atoms with Crippen molar-refractivity contribution in [2.75, 3.05) is 6.54 Å². The average molecular weight is 293 g/mol. The van der Waals surface area contributed by atoms with Gasteiger partial charge in [0.05, 0.1) is 0 Å². The Labute approximate surface area is 111 Å². The first-order valence-electron chi connectivity index (χ1n) is 5.95. The van der Waals surface area contributed by atoms with Crippen molar-refractivity contribution in [3.63, 3.8) is 0 Å². The molecule has 0 bridgehead atoms. The van der Waals surface area contributed by atoms with Crippen LogP contribution in [0.1, 0.15) is 24.8 Å². The van der Waals surface area contributed by atoms with Crippen LogP contribution in [0.5, 0.6) is 0 Å². The van der Waals surface area contributed by atoms with Crippen LogP contribution in [0.4, 0.5) is 4.39 Å². The first-order valence-corrected chi connectivity index (χ1v) is 8.29. The van der Waals surface area contributed by atoms with Gasteiger partial charge in [-0.3, -0.25) is 0 Å². The summed E-state index contributed by atoms with van der Waals surface area (Å²) in [6.07, 6.45) is 3.62. The maximum absolute atomic E-state index is 13.2. The van der Waals surface area contributed by atoms with E-state index in [2.05, 4.69) is 5.32 Å². The molecule has 2 atom stereocenters. The van der Waals surface area contributed by atoms with Crippen molar-refractivity contribution in [3.8, 4) is 0 Å². The van der Waals surface area contributed by atoms with Gasteiger partial charge < -0.3 is 5.32 Å². The molecule has 0 saturated carbocycles. The summed E-state index contributed by atoms with van der Waals surface area (Å²) in [5.74, 6) is -0.409. The molecule has 1 aromatic rings. The maximum Gasteiger partial charge on any atom is 0.348 e. The second-order valence-corrected chi connectivity index (χ2v) is 7.15. The Morgan fingerprint density at radius 1 is 1.56 bits per heavy atom. The number of benzene rings is 1. The number of nitrogens with one attached hydrogen (secondary N) is 1. The van der Waals surface area contributed by atoms with Crippen LogP contribution < -0.4 is 5.32 Å². The minimum Gasteiger partial charge on any atom is -0.314 e. The van der Waals surface area contributed by atoms with Crippen molar-refractivity contribution < 1.29 is 13.2 Å². The highest BCUT2D eigenvalue weighted by molar-refractivity contribution is 8.19. The SMILES string of the molecule is O=[S+](O)(Cl)c1ccc(F)cc1CC[C@H]1CCCN1. The van der Waals surface area contributed by atoms with Gasteiger partial charge in [-0.05, 0) is 48.6 Å². The maximum atomic E-state index is 13.2. The van der Waals surface area contributed by atoms with E-state index in [1.165, 1.54) is 12.1 Å². The minimum absolute atomic E-state index is 0.128. The molecule has 1 aromatic carbocycles. The topological polar surface area (TPSA) is 49.3 Å². The lowest BCUT2D eigenvalue weighted by Crippen LogP contribution is -2.22. The van der Waals surface area contributed by atoms with Crippen molar-refractivity contribution in [2.24, 2.45) is 0 Å². The van der Waals surface area contributed by atoms with Gasteiger partial charge in [-0.25, -0.2) is 4.39 Å². The van der Waals surface area contributed by atoms with Crippen LogP contribution in [0.25, 0.3) is 0 Å². The molecule has 2 N–H and O–H groups in total. The molecule has 0 amide bonds. The summed E-state index contributed by atoms with van der Waals surface area (Å²) in [6.45, 7) is 1.01. The molecule has 6 heteroatoms. The van der Waals surface area contributed by atoms with Gasteiger partial charge in [0, 0.05) is 17.7 Å². The zero-order valence-electron chi connectivity index (χ0n) is 9.86. The number of rotatable bonds is 4. The molecule has 1 fully saturated rings. The van der Waals surface area contributed by atoms with E-state index in [0.717, 1.165) is 31.9 Å². The van der Waals surface area contributed by atoms with Gasteiger partial charge in [0.25, 0.3) is 0 Å². The van der Waals surface area contributed by atoms with Gasteiger partial charge in [0.1, 0.15) is 5.82 Å². The normalized spacial score (nSPS) is 22.9. The molecule has 0 aliphatic carbocycles. The van der Waals surface area contributed by atoms with Gasteiger partial charge in [-0.1, -0.05) is 0 Å². The molecule has 1 unspecified atom stereocenters. The highest BCUT2D eigenvalue weighted by Gasteiger charge is 2.30. The summed E-state index contributed by atoms with van der Waals surface area (Å²) < 4.78 is 34.1. The van der Waals surface area contributed by atoms with E-state index in [1.807, 2.05) is 0 Å². The lowest BCUT2D eigenvalue weighted by atomic mass is 10.0. The van der Waals surface area contributed by atoms with Gasteiger partial charge in [0.15, 0.2) is 0 Å². The van der Waals surface area contributed by atoms with Crippen LogP contribution in [0.15, 0.2) is 23.1 Å². The van der Waals surface area contributed by atoms with Crippen LogP contribution in [0.2, 0.25) is 0 Å². The van der Waals surface area contributed by atoms with E-state index >= 15 is 0 Å². The number of halogens is 2. The van der Waals surface area contributed by atoms with Gasteiger partial charge in [-0.2, -0.15) is 4.55 Å². The van der Waals surface area contributed by atoms with Gasteiger partial charge in [-0.15, -0.1) is 0 Å². The fourth-order valence-corrected chi connectivity index (χ4v) is 3.49. The first kappa shape index (κ1) is 13.9. The van der Waals surface area contributed by atoms with E-state index in [1.54, 1.807) is 0 Å². The Kier molecular flexibility index (Phi) is 4.37. The van der Waals surface area contributed by atoms with E-state index < -0.39 is 15.2 Å². The van der Waals surface area contributed by atoms with E-state index in [4.69, 9.17) is 10.7 Å². The quantitative estimate of drug-likeness (QED) is 0.662. The molecule has 1 heterocycles. The van der Waals surface area contributed by atoms with Crippen molar-refractivity contribution in [1.29, 1.82) is 0 Å². The summed E-state index contributed by atoms with van der Waals surface area (Å²) in [5.41, 5.74) is 0.520. The summed E-state index contributed by atoms with van der Waals surface area (Å²) in [6, 6.07) is 4.15. The molecule has 1 aliphatic rings. The molecular formula is C12H16ClFNO2S+. The van der Waals surface area contributed by atoms with Crippen LogP contribution in [-0.4, -0.2) is 17.1 Å². The molecule has 18 heavy (non-hydrogen) atoms. The molecule has 0 aromatic heterocycles. The first-order chi connectivity index (χ1) is 8.47. The number of aryl methyl sites for hydroxylation is 1. The summed E-state index contributed by atoms with van der Waals surface area (Å²) in [5, 5.41) is 3.34. The number of hydrogen-bond acceptors (Lipinski definition) is 2. The van der Waals surface area contributed by atoms with E-state index in [0.29, 0.717) is 18.0 Å². The molecule has 2 rings (SSSR count). The smallest absolute Gasteiger partial charge is 0.314 e. The van der Waals surface area contributed by atoms with Crippen molar-refractivity contribution >= 4 is 20.1 Å². The van der Waals surface area contributed by atoms with Crippen LogP contribution >= 0.6 is 10.7 Å². The zero-order chi connectivity index (χ0) is 13.2.